The van der Waals surface area contributed by atoms with Gasteiger partial charge in [0.2, 0.25) is 0 Å². The minimum Gasteiger partial charge on any atom is -0.550 e. The smallest absolute Gasteiger partial charge is 0.550 e. The summed E-state index contributed by atoms with van der Waals surface area (Å²) >= 11 is 0. The van der Waals surface area contributed by atoms with Crippen molar-refractivity contribution in [2.75, 3.05) is 0 Å². The molecule has 0 atom stereocenters. The first-order valence-corrected chi connectivity index (χ1v) is 2.81. The minimum atomic E-state index is -1.37. The van der Waals surface area contributed by atoms with Gasteiger partial charge in [-0.25, -0.2) is 4.79 Å². The van der Waals surface area contributed by atoms with E-state index < -0.39 is 30.8 Å². The molecule has 4 N–H and O–H groups in total. The molecule has 7 nitrogen and oxygen atoms in total. The number of carboxylic acids is 2. The van der Waals surface area contributed by atoms with Crippen LogP contribution in [-0.2, 0) is 9.59 Å². The van der Waals surface area contributed by atoms with Crippen LogP contribution in [0.25, 0.3) is 0 Å². The molecule has 2 amide bonds. The summed E-state index contributed by atoms with van der Waals surface area (Å²) in [6.07, 6.45) is -0.940. The molecule has 0 heterocycles. The van der Waals surface area contributed by atoms with Gasteiger partial charge in [-0.05, 0) is 12.8 Å². The Morgan fingerprint density at radius 2 is 1.08 bits per heavy atom. The van der Waals surface area contributed by atoms with Gasteiger partial charge in [0.05, 0.1) is 0 Å². The molecule has 0 saturated heterocycles. The predicted octanol–water partition coefficient (Wildman–Crippen LogP) is -4.09. The van der Waals surface area contributed by atoms with Crippen LogP contribution in [0.3, 0.4) is 0 Å². The third-order valence-corrected chi connectivity index (χ3v) is 0.533. The molecule has 0 rings (SSSR count). The number of amides is 2. The van der Waals surface area contributed by atoms with Gasteiger partial charge in [0.25, 0.3) is 0 Å². The molecule has 13 heavy (non-hydrogen) atoms. The molecule has 0 aromatic carbocycles. The molecule has 0 aliphatic rings. The Labute approximate surface area is 90.2 Å². The SMILES string of the molecule is NC(N)=O.O=C([O-])CCC(=O)[O-].[Mg+2]. The van der Waals surface area contributed by atoms with Crippen LogP contribution in [0.1, 0.15) is 12.8 Å². The summed E-state index contributed by atoms with van der Waals surface area (Å²) in [4.78, 5) is 28.0. The average Bonchev–Trinajstić information content (AvgIpc) is 1.82. The van der Waals surface area contributed by atoms with Gasteiger partial charge in [-0.1, -0.05) is 0 Å². The van der Waals surface area contributed by atoms with Crippen molar-refractivity contribution in [1.82, 2.24) is 0 Å². The number of urea groups is 1. The van der Waals surface area contributed by atoms with Gasteiger partial charge in [-0.3, -0.25) is 0 Å². The zero-order valence-corrected chi connectivity index (χ0v) is 8.23. The molecule has 0 spiro atoms. The van der Waals surface area contributed by atoms with E-state index in [-0.39, 0.29) is 23.1 Å². The molecular formula is C5H8MgN2O5. The van der Waals surface area contributed by atoms with Gasteiger partial charge >= 0.3 is 29.1 Å². The van der Waals surface area contributed by atoms with E-state index in [1.54, 1.807) is 0 Å². The largest absolute Gasteiger partial charge is 2.00 e. The normalized spacial score (nSPS) is 7.08. The number of rotatable bonds is 3. The second-order valence-electron chi connectivity index (χ2n) is 1.65. The van der Waals surface area contributed by atoms with E-state index in [4.69, 9.17) is 4.79 Å². The third-order valence-electron chi connectivity index (χ3n) is 0.533. The summed E-state index contributed by atoms with van der Waals surface area (Å²) in [6.45, 7) is 0. The van der Waals surface area contributed by atoms with Crippen molar-refractivity contribution >= 4 is 41.0 Å². The van der Waals surface area contributed by atoms with Crippen molar-refractivity contribution in [3.63, 3.8) is 0 Å². The molecule has 0 aromatic heterocycles. The van der Waals surface area contributed by atoms with E-state index in [0.29, 0.717) is 0 Å². The Morgan fingerprint density at radius 1 is 0.923 bits per heavy atom. The van der Waals surface area contributed by atoms with Gasteiger partial charge in [0.15, 0.2) is 0 Å². The summed E-state index contributed by atoms with van der Waals surface area (Å²) in [6, 6.07) is -0.833. The predicted molar refractivity (Wildman–Crippen MR) is 38.8 cm³/mol. The Morgan fingerprint density at radius 3 is 1.15 bits per heavy atom. The molecule has 0 radical (unpaired) electrons. The van der Waals surface area contributed by atoms with Gasteiger partial charge in [-0.15, -0.1) is 0 Å². The maximum atomic E-state index is 9.50. The maximum absolute atomic E-state index is 9.50. The number of hydrogen-bond acceptors (Lipinski definition) is 5. The quantitative estimate of drug-likeness (QED) is 0.444. The first-order valence-electron chi connectivity index (χ1n) is 2.81. The minimum absolute atomic E-state index is 0. The standard InChI is InChI=1S/C4H6O4.CH4N2O.Mg/c5-3(6)1-2-4(7)8;2-1(3)4;/h1-2H2,(H,5,6)(H,7,8);(H4,2,3,4);/q;;+2/p-2. The van der Waals surface area contributed by atoms with Crippen LogP contribution in [0.4, 0.5) is 4.79 Å². The van der Waals surface area contributed by atoms with Crippen molar-refractivity contribution < 1.29 is 24.6 Å². The second kappa shape index (κ2) is 11.0. The molecule has 70 valence electrons. The first kappa shape index (κ1) is 17.9. The zero-order chi connectivity index (χ0) is 10.1. The number of hydrogen-bond donors (Lipinski definition) is 2. The molecule has 0 saturated carbocycles. The molecule has 0 bridgehead atoms. The number of carboxylic acid groups (broad SMARTS) is 2. The van der Waals surface area contributed by atoms with Crippen molar-refractivity contribution in [1.29, 1.82) is 0 Å². The van der Waals surface area contributed by atoms with Gasteiger partial charge in [0.1, 0.15) is 0 Å². The summed E-state index contributed by atoms with van der Waals surface area (Å²) in [5.41, 5.74) is 8.50. The number of carbonyl (C=O) groups is 3. The molecule has 0 aliphatic heterocycles. The average molecular weight is 200 g/mol. The summed E-state index contributed by atoms with van der Waals surface area (Å²) in [5.74, 6) is -2.73. The number of aliphatic carboxylic acids is 2. The first-order chi connectivity index (χ1) is 5.36. The zero-order valence-electron chi connectivity index (χ0n) is 6.82. The van der Waals surface area contributed by atoms with Crippen LogP contribution >= 0.6 is 0 Å². The number of carbonyl (C=O) groups excluding carboxylic acids is 3. The fraction of sp³-hybridized carbons (Fsp3) is 0.400. The number of primary amides is 2. The van der Waals surface area contributed by atoms with Crippen LogP contribution in [0.5, 0.6) is 0 Å². The Bertz CT molecular complexity index is 166. The fourth-order valence-electron chi connectivity index (χ4n) is 0.204. The Balaban J connectivity index is -0.000000173. The van der Waals surface area contributed by atoms with Crippen molar-refractivity contribution in [3.05, 3.63) is 0 Å². The molecule has 0 aromatic rings. The Kier molecular flexibility index (Phi) is 15.1. The van der Waals surface area contributed by atoms with E-state index in [0.717, 1.165) is 0 Å². The monoisotopic (exact) mass is 200 g/mol. The van der Waals surface area contributed by atoms with E-state index in [9.17, 15) is 19.8 Å². The second-order valence-corrected chi connectivity index (χ2v) is 1.65. The van der Waals surface area contributed by atoms with Gasteiger partial charge < -0.3 is 31.3 Å². The van der Waals surface area contributed by atoms with Gasteiger partial charge in [0, 0.05) is 11.9 Å². The third kappa shape index (κ3) is 55.9. The van der Waals surface area contributed by atoms with E-state index in [1.165, 1.54) is 0 Å². The molecular weight excluding hydrogens is 192 g/mol. The summed E-state index contributed by atoms with van der Waals surface area (Å²) < 4.78 is 0. The van der Waals surface area contributed by atoms with Gasteiger partial charge in [-0.2, -0.15) is 0 Å². The molecule has 0 fully saturated rings. The van der Waals surface area contributed by atoms with Crippen molar-refractivity contribution in [2.45, 2.75) is 12.8 Å². The Hall–Kier alpha value is -1.02. The van der Waals surface area contributed by atoms with E-state index >= 15 is 0 Å². The van der Waals surface area contributed by atoms with Crippen LogP contribution in [0, 0.1) is 0 Å². The van der Waals surface area contributed by atoms with Crippen molar-refractivity contribution in [2.24, 2.45) is 11.5 Å². The molecule has 0 aliphatic carbocycles. The van der Waals surface area contributed by atoms with Crippen LogP contribution in [-0.4, -0.2) is 41.0 Å². The summed E-state index contributed by atoms with van der Waals surface area (Å²) in [7, 11) is 0. The van der Waals surface area contributed by atoms with E-state index in [2.05, 4.69) is 11.5 Å². The van der Waals surface area contributed by atoms with Crippen molar-refractivity contribution in [3.8, 4) is 0 Å². The molecule has 0 unspecified atom stereocenters. The molecule has 8 heteroatoms. The van der Waals surface area contributed by atoms with Crippen LogP contribution in [0.15, 0.2) is 0 Å². The maximum Gasteiger partial charge on any atom is 2.00 e. The topological polar surface area (TPSA) is 149 Å². The van der Waals surface area contributed by atoms with Crippen LogP contribution < -0.4 is 21.7 Å². The summed E-state index contributed by atoms with van der Waals surface area (Å²) in [5, 5.41) is 19.0. The number of nitrogens with two attached hydrogens (primary N) is 2. The van der Waals surface area contributed by atoms with Crippen LogP contribution in [0.2, 0.25) is 0 Å². The fourth-order valence-corrected chi connectivity index (χ4v) is 0.204. The van der Waals surface area contributed by atoms with E-state index in [1.807, 2.05) is 0 Å².